The predicted octanol–water partition coefficient (Wildman–Crippen LogP) is 4.90. The molecule has 0 aliphatic rings. The number of allylic oxidation sites excluding steroid dienone is 3. The Balaban J connectivity index is 1.93. The molecule has 0 atom stereocenters. The van der Waals surface area contributed by atoms with Crippen LogP contribution in [0, 0.1) is 20.8 Å². The molecule has 0 aromatic heterocycles. The van der Waals surface area contributed by atoms with Gasteiger partial charge in [-0.15, -0.1) is 4.83 Å². The monoisotopic (exact) mass is 475 g/mol. The quantitative estimate of drug-likeness (QED) is 0.157. The van der Waals surface area contributed by atoms with Gasteiger partial charge in [0.2, 0.25) is 0 Å². The topological polar surface area (TPSA) is 72.3 Å². The van der Waals surface area contributed by atoms with Gasteiger partial charge < -0.3 is 4.74 Å². The van der Waals surface area contributed by atoms with Crippen LogP contribution in [-0.4, -0.2) is 20.7 Å². The van der Waals surface area contributed by atoms with Gasteiger partial charge >= 0.3 is 10.0 Å². The van der Waals surface area contributed by atoms with Gasteiger partial charge in [0, 0.05) is 11.1 Å². The summed E-state index contributed by atoms with van der Waals surface area (Å²) in [7, 11) is -3.67. The van der Waals surface area contributed by atoms with E-state index in [1.807, 2.05) is 88.4 Å². The van der Waals surface area contributed by atoms with Crippen molar-refractivity contribution in [1.29, 1.82) is 0 Å². The van der Waals surface area contributed by atoms with Gasteiger partial charge in [0.25, 0.3) is 0 Å². The first-order valence-corrected chi connectivity index (χ1v) is 12.7. The van der Waals surface area contributed by atoms with E-state index >= 15 is 0 Å². The van der Waals surface area contributed by atoms with Gasteiger partial charge in [-0.05, 0) is 52.0 Å². The first-order chi connectivity index (χ1) is 16.3. The molecule has 0 aliphatic heterocycles. The lowest BCUT2D eigenvalue weighted by atomic mass is 10.1. The molecule has 2 N–H and O–H groups in total. The number of hydrogen-bond acceptors (Lipinski definition) is 4. The molecule has 0 aliphatic carbocycles. The summed E-state index contributed by atoms with van der Waals surface area (Å²) in [5.41, 5.74) is 5.61. The number of quaternary nitrogens is 1. The molecular formula is C28H31N2O3S+. The van der Waals surface area contributed by atoms with Crippen LogP contribution in [0.5, 0.6) is 0 Å². The van der Waals surface area contributed by atoms with Crippen LogP contribution in [-0.2, 0) is 14.8 Å². The maximum atomic E-state index is 12.8. The van der Waals surface area contributed by atoms with Crippen molar-refractivity contribution in [3.8, 4) is 0 Å². The number of sulfonamides is 1. The van der Waals surface area contributed by atoms with Gasteiger partial charge in [0.15, 0.2) is 0 Å². The summed E-state index contributed by atoms with van der Waals surface area (Å²) in [5.74, 6) is 0.735. The minimum Gasteiger partial charge on any atom is -0.493 e. The highest BCUT2D eigenvalue weighted by molar-refractivity contribution is 7.84. The molecule has 176 valence electrons. The lowest BCUT2D eigenvalue weighted by Gasteiger charge is -2.08. The smallest absolute Gasteiger partial charge is 0.348 e. The van der Waals surface area contributed by atoms with Crippen molar-refractivity contribution >= 4 is 21.5 Å². The maximum Gasteiger partial charge on any atom is 0.348 e. The number of ether oxygens (including phenoxy) is 1. The zero-order chi connectivity index (χ0) is 24.6. The van der Waals surface area contributed by atoms with Crippen LogP contribution in [0.15, 0.2) is 101 Å². The van der Waals surface area contributed by atoms with E-state index in [0.29, 0.717) is 12.3 Å². The van der Waals surface area contributed by atoms with Crippen LogP contribution < -0.4 is 4.83 Å². The number of nitrogens with zero attached hydrogens (tertiary/aromatic N) is 1. The van der Waals surface area contributed by atoms with Gasteiger partial charge in [-0.2, -0.15) is 8.42 Å². The molecule has 3 aromatic carbocycles. The summed E-state index contributed by atoms with van der Waals surface area (Å²) in [6, 6.07) is 22.6. The summed E-state index contributed by atoms with van der Waals surface area (Å²) >= 11 is 0. The van der Waals surface area contributed by atoms with Crippen molar-refractivity contribution in [2.24, 2.45) is 5.10 Å². The highest BCUT2D eigenvalue weighted by Crippen LogP contribution is 2.17. The molecule has 0 fully saturated rings. The Morgan fingerprint density at radius 3 is 1.85 bits per heavy atom. The van der Waals surface area contributed by atoms with E-state index in [1.54, 1.807) is 30.3 Å². The van der Waals surface area contributed by atoms with Crippen LogP contribution in [0.2, 0.25) is 0 Å². The molecule has 0 bridgehead atoms. The van der Waals surface area contributed by atoms with E-state index in [2.05, 4.69) is 5.10 Å². The van der Waals surface area contributed by atoms with Gasteiger partial charge in [-0.3, -0.25) is 0 Å². The second kappa shape index (κ2) is 11.6. The van der Waals surface area contributed by atoms with Crippen molar-refractivity contribution < 1.29 is 18.0 Å². The van der Waals surface area contributed by atoms with Crippen LogP contribution >= 0.6 is 0 Å². The predicted molar refractivity (Wildman–Crippen MR) is 138 cm³/mol. The maximum absolute atomic E-state index is 12.8. The minimum atomic E-state index is -3.67. The Kier molecular flexibility index (Phi) is 8.57. The molecule has 0 heterocycles. The molecule has 3 rings (SSSR count). The Bertz CT molecular complexity index is 1290. The first-order valence-electron chi connectivity index (χ1n) is 11.2. The molecule has 0 amide bonds. The number of hydrogen-bond donors (Lipinski definition) is 1. The molecule has 0 saturated carbocycles. The average Bonchev–Trinajstić information content (AvgIpc) is 2.82. The van der Waals surface area contributed by atoms with E-state index in [9.17, 15) is 8.42 Å². The number of primary sulfonamides is 1. The number of aryl methyl sites for hydroxylation is 3. The van der Waals surface area contributed by atoms with Crippen molar-refractivity contribution in [3.63, 3.8) is 0 Å². The van der Waals surface area contributed by atoms with Gasteiger partial charge in [0.05, 0.1) is 6.61 Å². The second-order valence-electron chi connectivity index (χ2n) is 8.03. The van der Waals surface area contributed by atoms with Gasteiger partial charge in [-0.25, -0.2) is 0 Å². The van der Waals surface area contributed by atoms with Crippen LogP contribution in [0.4, 0.5) is 0 Å². The molecular weight excluding hydrogens is 444 g/mol. The third kappa shape index (κ3) is 7.01. The van der Waals surface area contributed by atoms with Gasteiger partial charge in [0.1, 0.15) is 16.4 Å². The van der Waals surface area contributed by atoms with E-state index in [0.717, 1.165) is 32.8 Å². The van der Waals surface area contributed by atoms with E-state index in [4.69, 9.17) is 4.74 Å². The fourth-order valence-electron chi connectivity index (χ4n) is 3.18. The summed E-state index contributed by atoms with van der Waals surface area (Å²) in [5, 5.41) is 4.37. The Morgan fingerprint density at radius 1 is 0.824 bits per heavy atom. The highest BCUT2D eigenvalue weighted by Gasteiger charge is 2.18. The van der Waals surface area contributed by atoms with Crippen molar-refractivity contribution in [2.45, 2.75) is 32.6 Å². The van der Waals surface area contributed by atoms with Crippen LogP contribution in [0.3, 0.4) is 0 Å². The molecule has 0 radical (unpaired) electrons. The standard InChI is InChI=1S/C28H30N2O3S/c1-5-33-28(25-17-11-22(3)12-18-25)8-6-7-27(24-15-9-21(2)10-16-24)29-30-34(31,32)26-19-13-23(4)14-20-26/h6-20,30H,5H2,1-4H3/p+1/b7-6+,28-8+,29-27+. The largest absolute Gasteiger partial charge is 0.493 e. The summed E-state index contributed by atoms with van der Waals surface area (Å²) < 4.78 is 31.4. The molecule has 34 heavy (non-hydrogen) atoms. The second-order valence-corrected chi connectivity index (χ2v) is 9.81. The first kappa shape index (κ1) is 25.1. The average molecular weight is 476 g/mol. The number of benzene rings is 3. The van der Waals surface area contributed by atoms with E-state index < -0.39 is 10.0 Å². The SMILES string of the molecule is CCO/C(=C/C=C/C(=N\[NH2+]S(=O)(=O)c1ccc(C)cc1)c1ccc(C)cc1)c1ccc(C)cc1. The summed E-state index contributed by atoms with van der Waals surface area (Å²) in [6.07, 6.45) is 5.49. The third-order valence-corrected chi connectivity index (χ3v) is 6.48. The lowest BCUT2D eigenvalue weighted by Crippen LogP contribution is -2.81. The summed E-state index contributed by atoms with van der Waals surface area (Å²) in [4.78, 5) is 1.23. The normalized spacial score (nSPS) is 12.8. The highest BCUT2D eigenvalue weighted by atomic mass is 32.2. The zero-order valence-corrected chi connectivity index (χ0v) is 20.8. The van der Waals surface area contributed by atoms with E-state index in [-0.39, 0.29) is 4.90 Å². The van der Waals surface area contributed by atoms with Crippen molar-refractivity contribution in [2.75, 3.05) is 6.61 Å². The van der Waals surface area contributed by atoms with E-state index in [1.165, 1.54) is 5.56 Å². The summed E-state index contributed by atoms with van der Waals surface area (Å²) in [6.45, 7) is 8.44. The molecule has 0 unspecified atom stereocenters. The Morgan fingerprint density at radius 2 is 1.32 bits per heavy atom. The molecule has 6 heteroatoms. The Labute approximate surface area is 202 Å². The fraction of sp³-hybridized carbons (Fsp3) is 0.179. The van der Waals surface area contributed by atoms with Crippen LogP contribution in [0.25, 0.3) is 5.76 Å². The third-order valence-electron chi connectivity index (χ3n) is 5.17. The molecule has 3 aromatic rings. The van der Waals surface area contributed by atoms with Crippen LogP contribution in [0.1, 0.15) is 34.7 Å². The Hall–Kier alpha value is -3.48. The number of nitrogens with two attached hydrogens (primary N) is 1. The zero-order valence-electron chi connectivity index (χ0n) is 20.0. The van der Waals surface area contributed by atoms with Gasteiger partial charge in [-0.1, -0.05) is 88.5 Å². The van der Waals surface area contributed by atoms with Crippen molar-refractivity contribution in [3.05, 3.63) is 119 Å². The fourth-order valence-corrected chi connectivity index (χ4v) is 4.07. The molecule has 5 nitrogen and oxygen atoms in total. The lowest BCUT2D eigenvalue weighted by molar-refractivity contribution is -0.502. The van der Waals surface area contributed by atoms with Crippen molar-refractivity contribution in [1.82, 2.24) is 0 Å². The minimum absolute atomic E-state index is 0.215. The molecule has 0 saturated heterocycles. The molecule has 0 spiro atoms. The number of rotatable bonds is 9.